The third-order valence-corrected chi connectivity index (χ3v) is 8.40. The number of nitrogens with two attached hydrogens (primary N) is 2. The maximum absolute atomic E-state index is 14.9. The predicted octanol–water partition coefficient (Wildman–Crippen LogP) is 2.98. The van der Waals surface area contributed by atoms with Gasteiger partial charge in [0.25, 0.3) is 0 Å². The van der Waals surface area contributed by atoms with Crippen molar-refractivity contribution in [3.05, 3.63) is 92.2 Å². The third-order valence-electron chi connectivity index (χ3n) is 8.40. The van der Waals surface area contributed by atoms with Crippen LogP contribution in [0.15, 0.2) is 58.8 Å². The smallest absolute Gasteiger partial charge is 0.159 e. The van der Waals surface area contributed by atoms with Crippen molar-refractivity contribution in [1.82, 2.24) is 30.4 Å². The summed E-state index contributed by atoms with van der Waals surface area (Å²) in [5, 5.41) is 12.6. The van der Waals surface area contributed by atoms with Crippen LogP contribution >= 0.6 is 0 Å². The van der Waals surface area contributed by atoms with Gasteiger partial charge in [-0.1, -0.05) is 17.7 Å². The maximum atomic E-state index is 14.9. The van der Waals surface area contributed by atoms with Crippen LogP contribution in [-0.2, 0) is 6.42 Å². The fourth-order valence-electron chi connectivity index (χ4n) is 6.13. The minimum absolute atomic E-state index is 0.369. The molecule has 0 amide bonds. The van der Waals surface area contributed by atoms with Gasteiger partial charge < -0.3 is 26.5 Å². The number of halogens is 1. The van der Waals surface area contributed by atoms with Crippen molar-refractivity contribution in [3.8, 4) is 17.3 Å². The molecule has 44 heavy (non-hydrogen) atoms. The second kappa shape index (κ2) is 13.1. The molecule has 0 saturated carbocycles. The van der Waals surface area contributed by atoms with Crippen molar-refractivity contribution >= 4 is 17.8 Å². The summed E-state index contributed by atoms with van der Waals surface area (Å²) in [6.45, 7) is 9.53. The number of hydrogen-bond donors (Lipinski definition) is 5. The molecule has 7 N–H and O–H groups in total. The molecule has 3 aliphatic rings. The van der Waals surface area contributed by atoms with Gasteiger partial charge >= 0.3 is 0 Å². The predicted molar refractivity (Wildman–Crippen MR) is 173 cm³/mol. The standard InChI is InChI=1S/C34H41FN8O/c1-21(2)28(22-7-9-38-10-8-22)19-29-31(20-36)41-42-33(29)34-39-30-18-25(37)5-6-27(32(30)40-34)23-15-24(35)17-26(16-23)44-14-13-43-11-3-4-12-43/h5-7,15-17,19-20,38,41H,3-4,8-14,18,36-37H2,1-2H3,(H,39,40)/b29-19+,31-20+. The number of ether oxygens (including phenoxy) is 1. The summed E-state index contributed by atoms with van der Waals surface area (Å²) in [5.41, 5.74) is 20.3. The Morgan fingerprint density at radius 2 is 1.98 bits per heavy atom. The molecule has 2 aliphatic heterocycles. The molecule has 2 aromatic heterocycles. The van der Waals surface area contributed by atoms with Crippen molar-refractivity contribution in [2.75, 3.05) is 39.3 Å². The van der Waals surface area contributed by atoms with Crippen molar-refractivity contribution in [2.24, 2.45) is 11.5 Å². The number of fused-ring (bicyclic) bond motifs is 1. The first kappa shape index (κ1) is 29.7. The molecule has 6 rings (SSSR count). The number of H-pyrrole nitrogens is 2. The molecule has 10 heteroatoms. The number of imidazole rings is 1. The van der Waals surface area contributed by atoms with Crippen LogP contribution in [-0.4, -0.2) is 64.4 Å². The lowest BCUT2D eigenvalue weighted by molar-refractivity contribution is 0.237. The van der Waals surface area contributed by atoms with Gasteiger partial charge in [0, 0.05) is 54.0 Å². The lowest BCUT2D eigenvalue weighted by atomic mass is 9.95. The molecule has 0 radical (unpaired) electrons. The summed E-state index contributed by atoms with van der Waals surface area (Å²) in [4.78, 5) is 10.9. The Kier molecular flexibility index (Phi) is 8.81. The zero-order chi connectivity index (χ0) is 30.6. The Bertz CT molecular complexity index is 1780. The normalized spacial score (nSPS) is 18.0. The molecule has 3 aromatic rings. The van der Waals surface area contributed by atoms with E-state index in [2.05, 4.69) is 51.4 Å². The van der Waals surface area contributed by atoms with E-state index in [4.69, 9.17) is 21.2 Å². The highest BCUT2D eigenvalue weighted by Gasteiger charge is 2.22. The fourth-order valence-corrected chi connectivity index (χ4v) is 6.13. The van der Waals surface area contributed by atoms with Gasteiger partial charge in [-0.05, 0) is 93.7 Å². The SMILES string of the molecule is CC(C)=C(/C=c1/c(-c2nc3c([nH]2)CC(N)=CC=C3c2cc(F)cc(OCCN3CCCC3)c2)n[nH]/c1=C/N)C1=CCNCC1. The molecule has 1 fully saturated rings. The lowest BCUT2D eigenvalue weighted by Gasteiger charge is -2.16. The topological polar surface area (TPSA) is 134 Å². The third kappa shape index (κ3) is 6.41. The van der Waals surface area contributed by atoms with Gasteiger partial charge in [0.05, 0.1) is 11.0 Å². The minimum Gasteiger partial charge on any atom is -0.492 e. The first-order chi connectivity index (χ1) is 21.4. The van der Waals surface area contributed by atoms with E-state index in [1.54, 1.807) is 0 Å². The van der Waals surface area contributed by atoms with Crippen LogP contribution in [0.4, 0.5) is 4.39 Å². The molecule has 1 saturated heterocycles. The average Bonchev–Trinajstić information content (AvgIpc) is 3.75. The average molecular weight is 597 g/mol. The van der Waals surface area contributed by atoms with E-state index in [0.717, 1.165) is 61.2 Å². The lowest BCUT2D eigenvalue weighted by Crippen LogP contribution is -2.27. The summed E-state index contributed by atoms with van der Waals surface area (Å²) in [7, 11) is 0. The number of allylic oxidation sites excluding steroid dienone is 5. The van der Waals surface area contributed by atoms with Gasteiger partial charge in [-0.2, -0.15) is 5.10 Å². The van der Waals surface area contributed by atoms with Crippen LogP contribution in [0.3, 0.4) is 0 Å². The van der Waals surface area contributed by atoms with Gasteiger partial charge in [0.15, 0.2) is 5.82 Å². The Morgan fingerprint density at radius 3 is 2.73 bits per heavy atom. The van der Waals surface area contributed by atoms with Crippen LogP contribution in [0.5, 0.6) is 5.75 Å². The summed E-state index contributed by atoms with van der Waals surface area (Å²) in [5.74, 6) is 0.705. The van der Waals surface area contributed by atoms with Gasteiger partial charge in [-0.15, -0.1) is 0 Å². The Morgan fingerprint density at radius 1 is 1.14 bits per heavy atom. The largest absolute Gasteiger partial charge is 0.492 e. The maximum Gasteiger partial charge on any atom is 0.159 e. The molecule has 9 nitrogen and oxygen atoms in total. The van der Waals surface area contributed by atoms with Gasteiger partial charge in [-0.3, -0.25) is 10.00 Å². The van der Waals surface area contributed by atoms with E-state index in [1.807, 2.05) is 18.2 Å². The zero-order valence-electron chi connectivity index (χ0n) is 25.5. The number of aromatic amines is 2. The van der Waals surface area contributed by atoms with Gasteiger partial charge in [-0.25, -0.2) is 9.37 Å². The van der Waals surface area contributed by atoms with Crippen molar-refractivity contribution in [3.63, 3.8) is 0 Å². The molecule has 1 aromatic carbocycles. The highest BCUT2D eigenvalue weighted by atomic mass is 19.1. The van der Waals surface area contributed by atoms with Crippen LogP contribution in [0, 0.1) is 5.82 Å². The fraction of sp³-hybridized carbons (Fsp3) is 0.353. The molecule has 4 heterocycles. The molecule has 0 atom stereocenters. The summed E-state index contributed by atoms with van der Waals surface area (Å²) in [6.07, 6.45) is 13.5. The Balaban J connectivity index is 1.38. The molecular weight excluding hydrogens is 555 g/mol. The van der Waals surface area contributed by atoms with E-state index in [1.165, 1.54) is 42.3 Å². The first-order valence-electron chi connectivity index (χ1n) is 15.4. The van der Waals surface area contributed by atoms with Gasteiger partial charge in [0.1, 0.15) is 23.9 Å². The molecule has 1 aliphatic carbocycles. The number of likely N-dealkylation sites (tertiary alicyclic amines) is 1. The highest BCUT2D eigenvalue weighted by Crippen LogP contribution is 2.32. The van der Waals surface area contributed by atoms with Crippen LogP contribution < -0.4 is 32.1 Å². The number of rotatable bonds is 8. The van der Waals surface area contributed by atoms with Crippen molar-refractivity contribution in [1.29, 1.82) is 0 Å². The number of aromatic nitrogens is 4. The summed E-state index contributed by atoms with van der Waals surface area (Å²) < 4.78 is 20.9. The number of hydrogen-bond acceptors (Lipinski definition) is 7. The number of nitrogens with one attached hydrogen (secondary N) is 3. The van der Waals surface area contributed by atoms with Crippen LogP contribution in [0.1, 0.15) is 50.1 Å². The second-order valence-corrected chi connectivity index (χ2v) is 11.8. The van der Waals surface area contributed by atoms with Crippen molar-refractivity contribution in [2.45, 2.75) is 39.5 Å². The zero-order valence-corrected chi connectivity index (χ0v) is 25.5. The molecule has 0 spiro atoms. The Hall–Kier alpha value is -4.41. The van der Waals surface area contributed by atoms with Crippen molar-refractivity contribution < 1.29 is 9.13 Å². The quantitative estimate of drug-likeness (QED) is 0.270. The number of nitrogens with zero attached hydrogens (tertiary/aromatic N) is 3. The van der Waals surface area contributed by atoms with Crippen LogP contribution in [0.25, 0.3) is 29.4 Å². The monoisotopic (exact) mass is 596 g/mol. The first-order valence-corrected chi connectivity index (χ1v) is 15.4. The second-order valence-electron chi connectivity index (χ2n) is 11.8. The van der Waals surface area contributed by atoms with Gasteiger partial charge in [0.2, 0.25) is 0 Å². The number of benzene rings is 1. The van der Waals surface area contributed by atoms with E-state index in [0.29, 0.717) is 52.6 Å². The molecule has 230 valence electrons. The Labute approximate surface area is 257 Å². The minimum atomic E-state index is -0.369. The molecule has 0 bridgehead atoms. The molecular formula is C34H41FN8O. The summed E-state index contributed by atoms with van der Waals surface area (Å²) >= 11 is 0. The van der Waals surface area contributed by atoms with E-state index in [-0.39, 0.29) is 5.82 Å². The summed E-state index contributed by atoms with van der Waals surface area (Å²) in [6, 6.07) is 4.81. The van der Waals surface area contributed by atoms with E-state index >= 15 is 0 Å². The van der Waals surface area contributed by atoms with E-state index in [9.17, 15) is 4.39 Å². The van der Waals surface area contributed by atoms with Crippen LogP contribution in [0.2, 0.25) is 0 Å². The van der Waals surface area contributed by atoms with E-state index < -0.39 is 0 Å². The highest BCUT2D eigenvalue weighted by molar-refractivity contribution is 5.83. The molecule has 0 unspecified atom stereocenters.